The Morgan fingerprint density at radius 2 is 1.97 bits per heavy atom. The summed E-state index contributed by atoms with van der Waals surface area (Å²) >= 11 is 5.21. The van der Waals surface area contributed by atoms with E-state index >= 15 is 0 Å². The molecule has 4 rings (SSSR count). The fourth-order valence-electron chi connectivity index (χ4n) is 3.20. The number of aromatic nitrogens is 1. The molecule has 4 aromatic rings. The third kappa shape index (κ3) is 4.04. The van der Waals surface area contributed by atoms with Gasteiger partial charge in [-0.3, -0.25) is 4.79 Å². The molecule has 1 amide bonds. The highest BCUT2D eigenvalue weighted by atomic mass is 79.9. The first-order valence-corrected chi connectivity index (χ1v) is 10.5. The van der Waals surface area contributed by atoms with Crippen molar-refractivity contribution in [2.45, 2.75) is 13.1 Å². The predicted octanol–water partition coefficient (Wildman–Crippen LogP) is 5.05. The standard InChI is InChI=1S/C21H19BrN2O4S/c1-26-15-6-13(7-16(8-15)27-2)11-24-18(9-19-20(24)17(22)12-29-19)21(25)23-10-14-4-3-5-28-14/h3-9,12H,10-11H2,1-2H3,(H,23,25). The average Bonchev–Trinajstić information content (AvgIpc) is 3.45. The Labute approximate surface area is 180 Å². The summed E-state index contributed by atoms with van der Waals surface area (Å²) in [6.45, 7) is 0.828. The molecule has 29 heavy (non-hydrogen) atoms. The molecule has 1 N–H and O–H groups in total. The molecule has 150 valence electrons. The van der Waals surface area contributed by atoms with Crippen molar-refractivity contribution in [2.24, 2.45) is 0 Å². The normalized spacial score (nSPS) is 11.0. The van der Waals surface area contributed by atoms with Gasteiger partial charge < -0.3 is 23.8 Å². The highest BCUT2D eigenvalue weighted by Gasteiger charge is 2.19. The van der Waals surface area contributed by atoms with Crippen LogP contribution in [0, 0.1) is 0 Å². The summed E-state index contributed by atoms with van der Waals surface area (Å²) in [4.78, 5) is 12.9. The minimum absolute atomic E-state index is 0.161. The van der Waals surface area contributed by atoms with Gasteiger partial charge in [-0.25, -0.2) is 0 Å². The first kappa shape index (κ1) is 19.6. The van der Waals surface area contributed by atoms with Gasteiger partial charge in [0, 0.05) is 18.0 Å². The van der Waals surface area contributed by atoms with Crippen LogP contribution in [0.5, 0.6) is 11.5 Å². The second-order valence-corrected chi connectivity index (χ2v) is 8.16. The maximum absolute atomic E-state index is 12.9. The van der Waals surface area contributed by atoms with Gasteiger partial charge in [0.15, 0.2) is 0 Å². The molecule has 1 aromatic carbocycles. The SMILES string of the molecule is COc1cc(Cn2c(C(=O)NCc3ccco3)cc3scc(Br)c32)cc(OC)c1. The van der Waals surface area contributed by atoms with E-state index < -0.39 is 0 Å². The maximum atomic E-state index is 12.9. The highest BCUT2D eigenvalue weighted by molar-refractivity contribution is 9.10. The van der Waals surface area contributed by atoms with Crippen LogP contribution in [0.2, 0.25) is 0 Å². The van der Waals surface area contributed by atoms with E-state index in [2.05, 4.69) is 21.2 Å². The number of carbonyl (C=O) groups is 1. The summed E-state index contributed by atoms with van der Waals surface area (Å²) in [6, 6.07) is 11.3. The number of hydrogen-bond donors (Lipinski definition) is 1. The van der Waals surface area contributed by atoms with E-state index in [0.29, 0.717) is 36.0 Å². The lowest BCUT2D eigenvalue weighted by Crippen LogP contribution is -2.25. The van der Waals surface area contributed by atoms with Crippen molar-refractivity contribution in [2.75, 3.05) is 14.2 Å². The third-order valence-corrected chi connectivity index (χ3v) is 6.39. The lowest BCUT2D eigenvalue weighted by molar-refractivity contribution is 0.0939. The predicted molar refractivity (Wildman–Crippen MR) is 116 cm³/mol. The van der Waals surface area contributed by atoms with E-state index in [-0.39, 0.29) is 5.91 Å². The largest absolute Gasteiger partial charge is 0.497 e. The number of furan rings is 1. The topological polar surface area (TPSA) is 65.6 Å². The van der Waals surface area contributed by atoms with E-state index in [4.69, 9.17) is 13.9 Å². The molecule has 3 heterocycles. The van der Waals surface area contributed by atoms with Gasteiger partial charge in [-0.1, -0.05) is 0 Å². The van der Waals surface area contributed by atoms with Gasteiger partial charge in [-0.2, -0.15) is 0 Å². The fourth-order valence-corrected chi connectivity index (χ4v) is 4.89. The molecule has 0 spiro atoms. The van der Waals surface area contributed by atoms with Crippen LogP contribution in [-0.2, 0) is 13.1 Å². The molecule has 0 saturated carbocycles. The van der Waals surface area contributed by atoms with Crippen molar-refractivity contribution < 1.29 is 18.7 Å². The van der Waals surface area contributed by atoms with Gasteiger partial charge in [0.2, 0.25) is 0 Å². The number of halogens is 1. The van der Waals surface area contributed by atoms with Crippen molar-refractivity contribution in [3.8, 4) is 11.5 Å². The summed E-state index contributed by atoms with van der Waals surface area (Å²) in [6.07, 6.45) is 1.59. The van der Waals surface area contributed by atoms with Gasteiger partial charge in [-0.15, -0.1) is 11.3 Å². The van der Waals surface area contributed by atoms with E-state index in [1.54, 1.807) is 37.9 Å². The van der Waals surface area contributed by atoms with Crippen LogP contribution < -0.4 is 14.8 Å². The number of ether oxygens (including phenoxy) is 2. The van der Waals surface area contributed by atoms with E-state index in [1.807, 2.05) is 40.3 Å². The molecule has 6 nitrogen and oxygen atoms in total. The lowest BCUT2D eigenvalue weighted by Gasteiger charge is -2.13. The molecule has 0 radical (unpaired) electrons. The summed E-state index contributed by atoms with van der Waals surface area (Å²) in [5.41, 5.74) is 2.54. The maximum Gasteiger partial charge on any atom is 0.268 e. The molecular weight excluding hydrogens is 456 g/mol. The van der Waals surface area contributed by atoms with Gasteiger partial charge in [0.05, 0.1) is 41.7 Å². The molecule has 0 aliphatic heterocycles. The number of thiophene rings is 1. The van der Waals surface area contributed by atoms with Crippen molar-refractivity contribution in [1.82, 2.24) is 9.88 Å². The van der Waals surface area contributed by atoms with Crippen LogP contribution in [0.15, 0.2) is 56.9 Å². The zero-order valence-electron chi connectivity index (χ0n) is 15.9. The highest BCUT2D eigenvalue weighted by Crippen LogP contribution is 2.34. The molecule has 3 aromatic heterocycles. The number of amides is 1. The summed E-state index contributed by atoms with van der Waals surface area (Å²) in [7, 11) is 3.24. The van der Waals surface area contributed by atoms with Crippen molar-refractivity contribution in [3.05, 3.63) is 69.5 Å². The molecule has 0 aliphatic rings. The first-order chi connectivity index (χ1) is 14.1. The Bertz CT molecular complexity index is 1130. The molecule has 0 atom stereocenters. The minimum Gasteiger partial charge on any atom is -0.497 e. The second-order valence-electron chi connectivity index (χ2n) is 6.40. The third-order valence-electron chi connectivity index (χ3n) is 4.57. The lowest BCUT2D eigenvalue weighted by atomic mass is 10.2. The van der Waals surface area contributed by atoms with Crippen LogP contribution in [0.4, 0.5) is 0 Å². The molecule has 0 aliphatic carbocycles. The monoisotopic (exact) mass is 474 g/mol. The van der Waals surface area contributed by atoms with Gasteiger partial charge in [0.25, 0.3) is 5.91 Å². The van der Waals surface area contributed by atoms with Gasteiger partial charge in [0.1, 0.15) is 23.0 Å². The van der Waals surface area contributed by atoms with Crippen molar-refractivity contribution in [3.63, 3.8) is 0 Å². The number of nitrogens with zero attached hydrogens (tertiary/aromatic N) is 1. The number of carbonyl (C=O) groups excluding carboxylic acids is 1. The molecule has 0 saturated heterocycles. The van der Waals surface area contributed by atoms with Gasteiger partial charge in [-0.05, 0) is 51.8 Å². The van der Waals surface area contributed by atoms with Crippen molar-refractivity contribution >= 4 is 43.4 Å². The number of benzene rings is 1. The zero-order valence-corrected chi connectivity index (χ0v) is 18.3. The average molecular weight is 475 g/mol. The summed E-state index contributed by atoms with van der Waals surface area (Å²) in [5.74, 6) is 1.95. The molecule has 0 fully saturated rings. The van der Waals surface area contributed by atoms with Crippen LogP contribution in [0.3, 0.4) is 0 Å². The Morgan fingerprint density at radius 1 is 1.21 bits per heavy atom. The zero-order chi connectivity index (χ0) is 20.4. The number of fused-ring (bicyclic) bond motifs is 1. The Balaban J connectivity index is 1.70. The van der Waals surface area contributed by atoms with E-state index in [9.17, 15) is 4.79 Å². The fraction of sp³-hybridized carbons (Fsp3) is 0.190. The van der Waals surface area contributed by atoms with Crippen LogP contribution in [0.25, 0.3) is 10.2 Å². The smallest absolute Gasteiger partial charge is 0.268 e. The summed E-state index contributed by atoms with van der Waals surface area (Å²) in [5, 5.41) is 4.95. The molecule has 8 heteroatoms. The Morgan fingerprint density at radius 3 is 2.62 bits per heavy atom. The number of hydrogen-bond acceptors (Lipinski definition) is 5. The molecule has 0 unspecified atom stereocenters. The Hall–Kier alpha value is -2.71. The number of methoxy groups -OCH3 is 2. The van der Waals surface area contributed by atoms with Crippen LogP contribution >= 0.6 is 27.3 Å². The minimum atomic E-state index is -0.161. The van der Waals surface area contributed by atoms with Crippen LogP contribution in [0.1, 0.15) is 21.8 Å². The first-order valence-electron chi connectivity index (χ1n) is 8.88. The van der Waals surface area contributed by atoms with E-state index in [0.717, 1.165) is 20.3 Å². The summed E-state index contributed by atoms with van der Waals surface area (Å²) < 4.78 is 20.1. The van der Waals surface area contributed by atoms with E-state index in [1.165, 1.54) is 0 Å². The quantitative estimate of drug-likeness (QED) is 0.406. The molecular formula is C21H19BrN2O4S. The van der Waals surface area contributed by atoms with Crippen molar-refractivity contribution in [1.29, 1.82) is 0 Å². The number of nitrogens with one attached hydrogen (secondary N) is 1. The van der Waals surface area contributed by atoms with Crippen LogP contribution in [-0.4, -0.2) is 24.7 Å². The molecule has 0 bridgehead atoms. The number of rotatable bonds is 7. The Kier molecular flexibility index (Phi) is 5.64. The second kappa shape index (κ2) is 8.34. The van der Waals surface area contributed by atoms with Gasteiger partial charge >= 0.3 is 0 Å².